The van der Waals surface area contributed by atoms with Crippen molar-refractivity contribution in [2.24, 2.45) is 0 Å². The second-order valence-electron chi connectivity index (χ2n) is 0. The van der Waals surface area contributed by atoms with Crippen LogP contribution >= 0.6 is 0 Å². The minimum absolute atomic E-state index is 0. The van der Waals surface area contributed by atoms with Crippen LogP contribution in [0.15, 0.2) is 0 Å². The first-order chi connectivity index (χ1) is 0. The summed E-state index contributed by atoms with van der Waals surface area (Å²) in [5.74, 6) is 0. The van der Waals surface area contributed by atoms with E-state index in [2.05, 4.69) is 0 Å². The molecule has 0 saturated carbocycles. The molecule has 707 valence electrons. The zero-order chi connectivity index (χ0) is 0. The molecule has 0 rings (SSSR count). The normalized spacial score (nSPS) is 0. The maximum absolute atomic E-state index is 0. The fourth-order valence-corrected chi connectivity index (χ4v) is 0. The van der Waals surface area contributed by atoms with Gasteiger partial charge in [-0.3, -0.25) is 0 Å². The van der Waals surface area contributed by atoms with Gasteiger partial charge >= 0.3 is 85.3 Å². The molecule has 0 nitrogen and oxygen atoms in total. The standard InChI is InChI=1S/72CH3.4Co.5Cu.4Fe.3Ni/h72*1H3;;;;;;;;;;;;;;;;/q72*-1;;;;;;;;;+2;2*+4;2*+6;;;. The van der Waals surface area contributed by atoms with E-state index in [0.717, 1.165) is 0 Å². The second-order valence-corrected chi connectivity index (χ2v) is 0. The molecule has 0 aromatic heterocycles. The minimum Gasteiger partial charge on any atom is -0.358 e. The Balaban J connectivity index is 0. The van der Waals surface area contributed by atoms with Gasteiger partial charge in [-0.25, -0.2) is 0 Å². The minimum atomic E-state index is 0. The summed E-state index contributed by atoms with van der Waals surface area (Å²) in [6.45, 7) is 0. The molecular weight excluding hydrogens is 1820 g/mol. The topological polar surface area (TPSA) is 0 Å². The van der Waals surface area contributed by atoms with Crippen LogP contribution in [0, 0.1) is 535 Å². The predicted octanol–water partition coefficient (Wildman–Crippen LogP) is 32.4. The second kappa shape index (κ2) is 12600. The molecule has 0 atom stereocenters. The van der Waals surface area contributed by atoms with Crippen molar-refractivity contribution in [3.8, 4) is 0 Å². The fourth-order valence-electron chi connectivity index (χ4n) is 0. The molecule has 0 unspecified atom stereocenters. The summed E-state index contributed by atoms with van der Waals surface area (Å²) in [5, 5.41) is 0. The van der Waals surface area contributed by atoms with Crippen LogP contribution in [0.5, 0.6) is 0 Å². The van der Waals surface area contributed by atoms with Crippen molar-refractivity contribution in [2.75, 3.05) is 0 Å². The van der Waals surface area contributed by atoms with Crippen LogP contribution in [0.4, 0.5) is 0 Å². The Morgan fingerprint density at radius 3 is 0.0795 bits per heavy atom. The van der Waals surface area contributed by atoms with Crippen LogP contribution in [0.25, 0.3) is 0 Å². The average Bonchev–Trinajstić information content (AvgIpc) is 0. The average molecular weight is 2040 g/mol. The van der Waals surface area contributed by atoms with E-state index in [9.17, 15) is 0 Å². The number of hydrogen-bond donors (Lipinski definition) is 0. The van der Waals surface area contributed by atoms with Crippen LogP contribution in [0.1, 0.15) is 0 Å². The molecule has 0 saturated heterocycles. The first-order valence-corrected chi connectivity index (χ1v) is 0. The molecule has 0 fully saturated rings. The first-order valence-electron chi connectivity index (χ1n) is 0. The summed E-state index contributed by atoms with van der Waals surface area (Å²) in [6, 6.07) is 0. The van der Waals surface area contributed by atoms with Gasteiger partial charge in [0.1, 0.15) is 0 Å². The van der Waals surface area contributed by atoms with E-state index in [1.807, 2.05) is 0 Å². The van der Waals surface area contributed by atoms with E-state index in [1.165, 1.54) is 0 Å². The summed E-state index contributed by atoms with van der Waals surface area (Å²) < 4.78 is 0. The molecule has 16 heteroatoms. The number of rotatable bonds is 0. The Kier molecular flexibility index (Phi) is 1870000. The van der Waals surface area contributed by atoms with Crippen molar-refractivity contribution in [1.29, 1.82) is 0 Å². The zero-order valence-electron chi connectivity index (χ0n) is 77.2. The van der Waals surface area contributed by atoms with Gasteiger partial charge in [-0.1, -0.05) is 0 Å². The Labute approximate surface area is 795 Å². The molecule has 9 radical (unpaired) electrons. The van der Waals surface area contributed by atoms with Crippen molar-refractivity contribution in [3.05, 3.63) is 535 Å². The monoisotopic (exact) mass is 2030 g/mol. The van der Waals surface area contributed by atoms with Crippen molar-refractivity contribution >= 4 is 0 Å². The summed E-state index contributed by atoms with van der Waals surface area (Å²) in [6.07, 6.45) is 0. The molecule has 88 heavy (non-hydrogen) atoms. The van der Waals surface area contributed by atoms with E-state index >= 15 is 0 Å². The quantitative estimate of drug-likeness (QED) is 0.168. The van der Waals surface area contributed by atoms with Gasteiger partial charge in [-0.05, 0) is 0 Å². The third-order valence-corrected chi connectivity index (χ3v) is 0. The van der Waals surface area contributed by atoms with Crippen molar-refractivity contribution in [1.82, 2.24) is 0 Å². The van der Waals surface area contributed by atoms with Crippen molar-refractivity contribution in [3.63, 3.8) is 0 Å². The van der Waals surface area contributed by atoms with Gasteiger partial charge in [0.2, 0.25) is 0 Å². The first kappa shape index (κ1) is 13000. The molecule has 0 spiro atoms. The van der Waals surface area contributed by atoms with Gasteiger partial charge in [-0.15, -0.1) is 0 Å². The maximum atomic E-state index is 0. The molecule has 0 aliphatic rings. The van der Waals surface area contributed by atoms with E-state index in [1.54, 1.807) is 0 Å². The third-order valence-electron chi connectivity index (χ3n) is 0. The SMILES string of the molecule is [CH3-].[CH3-].[CH3-].[CH3-].[CH3-].[CH3-].[CH3-].[CH3-].[CH3-].[CH3-].[CH3-].[CH3-].[CH3-].[CH3-].[CH3-].[CH3-].[CH3-].[CH3-].[CH3-].[CH3-].[CH3-].[CH3-].[CH3-].[CH3-].[CH3-].[CH3-].[CH3-].[CH3-].[CH3-].[CH3-].[CH3-].[CH3-].[CH3-].[CH3-].[CH3-].[CH3-].[CH3-].[CH3-].[CH3-].[CH3-].[CH3-].[CH3-].[CH3-].[CH3-].[CH3-].[CH3-].[CH3-].[CH3-].[CH3-].[CH3-].[CH3-].[CH3-].[CH3-].[CH3-].[CH3-].[CH3-].[CH3-].[CH3-].[CH3-].[CH3-].[CH3-].[CH3-].[CH3-].[CH3-].[CH3-].[CH3-].[CH3-].[CH3-].[CH3-].[CH3-].[CH3-].[CH3-].[Co].[Co].[Co].[Co].[Cu+2].[Cu].[Cu].[Cu].[Cu].[Fe+4].[Fe+4].[Fe+6].[Fe+6].[Ni].[Ni].[Ni]. The Bertz CT molecular complexity index is 91.8. The Morgan fingerprint density at radius 2 is 0.0795 bits per heavy atom. The molecule has 0 amide bonds. The van der Waals surface area contributed by atoms with Gasteiger partial charge in [0.25, 0.3) is 0 Å². The number of hydrogen-bond acceptors (Lipinski definition) is 0. The van der Waals surface area contributed by atoms with Crippen LogP contribution in [0.3, 0.4) is 0 Å². The summed E-state index contributed by atoms with van der Waals surface area (Å²) in [4.78, 5) is 0. The van der Waals surface area contributed by atoms with Crippen LogP contribution < -0.4 is 0 Å². The van der Waals surface area contributed by atoms with E-state index < -0.39 is 0 Å². The Morgan fingerprint density at radius 1 is 0.0795 bits per heavy atom. The van der Waals surface area contributed by atoms with Crippen molar-refractivity contribution < 1.29 is 270 Å². The predicted molar refractivity (Wildman–Crippen MR) is 462 cm³/mol. The van der Waals surface area contributed by atoms with Crippen LogP contribution in [-0.4, -0.2) is 0 Å². The molecule has 0 N–H and O–H groups in total. The van der Waals surface area contributed by atoms with Gasteiger partial charge in [0, 0.05) is 185 Å². The molecule has 0 heterocycles. The summed E-state index contributed by atoms with van der Waals surface area (Å²) in [7, 11) is 0. The summed E-state index contributed by atoms with van der Waals surface area (Å²) in [5.41, 5.74) is 0. The van der Waals surface area contributed by atoms with E-state index in [4.69, 9.17) is 0 Å². The molecule has 0 bridgehead atoms. The zero-order valence-corrected chi connectivity index (χ0v) is 93.5. The van der Waals surface area contributed by atoms with E-state index in [-0.39, 0.29) is 805 Å². The maximum Gasteiger partial charge on any atom is 6.00 e. The molecule has 0 aliphatic carbocycles. The fraction of sp³-hybridized carbons (Fsp3) is 0. The molecule has 0 aromatic carbocycles. The van der Waals surface area contributed by atoms with Crippen LogP contribution in [0.2, 0.25) is 0 Å². The van der Waals surface area contributed by atoms with Gasteiger partial charge in [0.05, 0.1) is 0 Å². The van der Waals surface area contributed by atoms with Gasteiger partial charge in [-0.2, -0.15) is 0 Å². The van der Waals surface area contributed by atoms with Gasteiger partial charge < -0.3 is 535 Å². The Hall–Kier alpha value is 8.18. The van der Waals surface area contributed by atoms with Crippen molar-refractivity contribution in [2.45, 2.75) is 0 Å². The van der Waals surface area contributed by atoms with Gasteiger partial charge in [0.15, 0.2) is 0 Å². The largest absolute Gasteiger partial charge is 6.00 e. The third kappa shape index (κ3) is 12200. The molecule has 0 aromatic rings. The van der Waals surface area contributed by atoms with Crippen LogP contribution in [-0.2, 0) is 270 Å². The smallest absolute Gasteiger partial charge is 0.358 e. The summed E-state index contributed by atoms with van der Waals surface area (Å²) >= 11 is 0. The van der Waals surface area contributed by atoms with E-state index in [0.29, 0.717) is 0 Å². The molecule has 0 aliphatic heterocycles. The molecular formula is C72H216Co4Cu5Fe4Ni3-50.